The summed E-state index contributed by atoms with van der Waals surface area (Å²) in [5.41, 5.74) is -0.374. The normalized spacial score (nSPS) is 16.4. The van der Waals surface area contributed by atoms with Crippen LogP contribution < -0.4 is 20.1 Å². The highest BCUT2D eigenvalue weighted by Crippen LogP contribution is 2.34. The zero-order valence-corrected chi connectivity index (χ0v) is 15.6. The summed E-state index contributed by atoms with van der Waals surface area (Å²) in [4.78, 5) is 13.0. The molecule has 28 heavy (non-hydrogen) atoms. The smallest absolute Gasteiger partial charge is 0.416 e. The Labute approximate surface area is 164 Å². The molecule has 0 aromatic heterocycles. The largest absolute Gasteiger partial charge is 0.495 e. The Kier molecular flexibility index (Phi) is 5.73. The van der Waals surface area contributed by atoms with Gasteiger partial charge in [0.1, 0.15) is 23.3 Å². The van der Waals surface area contributed by atoms with E-state index < -0.39 is 17.8 Å². The minimum atomic E-state index is -4.41. The van der Waals surface area contributed by atoms with Crippen LogP contribution in [-0.4, -0.2) is 24.0 Å². The van der Waals surface area contributed by atoms with E-state index in [0.29, 0.717) is 35.0 Å². The first-order chi connectivity index (χ1) is 13.3. The first-order valence-corrected chi connectivity index (χ1v) is 8.80. The lowest BCUT2D eigenvalue weighted by Crippen LogP contribution is -2.36. The molecule has 1 aliphatic rings. The summed E-state index contributed by atoms with van der Waals surface area (Å²) in [7, 11) is 1.46. The lowest BCUT2D eigenvalue weighted by molar-refractivity contribution is -0.137. The molecule has 1 fully saturated rings. The van der Waals surface area contributed by atoms with Crippen molar-refractivity contribution >= 4 is 28.8 Å². The summed E-state index contributed by atoms with van der Waals surface area (Å²) in [5.74, 6) is 0.738. The van der Waals surface area contributed by atoms with Crippen molar-refractivity contribution < 1.29 is 27.4 Å². The first-order valence-electron chi connectivity index (χ1n) is 8.39. The summed E-state index contributed by atoms with van der Waals surface area (Å²) in [6, 6.07) is 8.66. The van der Waals surface area contributed by atoms with E-state index in [4.69, 9.17) is 21.7 Å². The van der Waals surface area contributed by atoms with Gasteiger partial charge in [0, 0.05) is 12.5 Å². The molecule has 1 saturated heterocycles. The summed E-state index contributed by atoms with van der Waals surface area (Å²) in [6.45, 7) is 0. The molecule has 1 heterocycles. The van der Waals surface area contributed by atoms with Crippen LogP contribution in [0.4, 0.5) is 18.9 Å². The van der Waals surface area contributed by atoms with Gasteiger partial charge in [-0.25, -0.2) is 0 Å². The average molecular weight is 410 g/mol. The molecular weight excluding hydrogens is 393 g/mol. The minimum Gasteiger partial charge on any atom is -0.495 e. The Bertz CT molecular complexity index is 885. The van der Waals surface area contributed by atoms with Gasteiger partial charge in [-0.3, -0.25) is 4.79 Å². The molecule has 0 aliphatic carbocycles. The SMILES string of the molecule is COc1ccc(Oc2ccc(C(F)(F)F)cc2)cc1NC(=O)C1CCC(=S)N1. The second-order valence-corrected chi connectivity index (χ2v) is 6.63. The number of benzene rings is 2. The van der Waals surface area contributed by atoms with Crippen molar-refractivity contribution in [2.45, 2.75) is 25.1 Å². The van der Waals surface area contributed by atoms with E-state index in [2.05, 4.69) is 10.6 Å². The number of alkyl halides is 3. The maximum Gasteiger partial charge on any atom is 0.416 e. The number of anilines is 1. The van der Waals surface area contributed by atoms with Gasteiger partial charge in [-0.2, -0.15) is 13.2 Å². The van der Waals surface area contributed by atoms with Gasteiger partial charge in [-0.05, 0) is 42.8 Å². The molecule has 1 aliphatic heterocycles. The number of nitrogens with one attached hydrogen (secondary N) is 2. The standard InChI is InChI=1S/C19H17F3N2O3S/c1-26-16-8-6-13(27-12-4-2-11(3-5-12)19(20,21)22)10-15(16)24-18(25)14-7-9-17(28)23-14/h2-6,8,10,14H,7,9H2,1H3,(H,23,28)(H,24,25). The molecule has 9 heteroatoms. The zero-order valence-electron chi connectivity index (χ0n) is 14.8. The molecule has 0 spiro atoms. The van der Waals surface area contributed by atoms with Crippen molar-refractivity contribution in [1.82, 2.24) is 5.32 Å². The highest BCUT2D eigenvalue weighted by Gasteiger charge is 2.30. The van der Waals surface area contributed by atoms with E-state index in [-0.39, 0.29) is 11.7 Å². The highest BCUT2D eigenvalue weighted by atomic mass is 32.1. The fraction of sp³-hybridized carbons (Fsp3) is 0.263. The Morgan fingerprint density at radius 3 is 2.43 bits per heavy atom. The zero-order chi connectivity index (χ0) is 20.3. The molecule has 0 saturated carbocycles. The number of hydrogen-bond donors (Lipinski definition) is 2. The molecule has 1 amide bonds. The highest BCUT2D eigenvalue weighted by molar-refractivity contribution is 7.80. The minimum absolute atomic E-state index is 0.234. The van der Waals surface area contributed by atoms with Crippen LogP contribution in [0.15, 0.2) is 42.5 Å². The molecule has 5 nitrogen and oxygen atoms in total. The first kappa shape index (κ1) is 19.9. The van der Waals surface area contributed by atoms with Crippen molar-refractivity contribution in [3.8, 4) is 17.2 Å². The van der Waals surface area contributed by atoms with Crippen LogP contribution in [0.3, 0.4) is 0 Å². The lowest BCUT2D eigenvalue weighted by Gasteiger charge is -2.15. The second-order valence-electron chi connectivity index (χ2n) is 6.13. The molecule has 2 N–H and O–H groups in total. The summed E-state index contributed by atoms with van der Waals surface area (Å²) >= 11 is 5.05. The van der Waals surface area contributed by atoms with E-state index >= 15 is 0 Å². The van der Waals surface area contributed by atoms with E-state index in [1.165, 1.54) is 19.2 Å². The van der Waals surface area contributed by atoms with E-state index in [1.807, 2.05) is 0 Å². The molecule has 3 rings (SSSR count). The van der Waals surface area contributed by atoms with Crippen LogP contribution in [0.5, 0.6) is 17.2 Å². The summed E-state index contributed by atoms with van der Waals surface area (Å²) in [6.07, 6.45) is -3.15. The number of hydrogen-bond acceptors (Lipinski definition) is 4. The third-order valence-corrected chi connectivity index (χ3v) is 4.48. The van der Waals surface area contributed by atoms with Gasteiger partial charge in [0.05, 0.1) is 23.3 Å². The third-order valence-electron chi connectivity index (χ3n) is 4.16. The maximum absolute atomic E-state index is 12.6. The molecular formula is C19H17F3N2O3S. The molecule has 148 valence electrons. The molecule has 2 aromatic rings. The van der Waals surface area contributed by atoms with Gasteiger partial charge in [-0.15, -0.1) is 0 Å². The maximum atomic E-state index is 12.6. The number of rotatable bonds is 5. The van der Waals surface area contributed by atoms with E-state index in [0.717, 1.165) is 12.1 Å². The second kappa shape index (κ2) is 8.05. The summed E-state index contributed by atoms with van der Waals surface area (Å²) < 4.78 is 48.8. The number of halogens is 3. The average Bonchev–Trinajstić information content (AvgIpc) is 3.08. The van der Waals surface area contributed by atoms with Crippen molar-refractivity contribution in [2.75, 3.05) is 12.4 Å². The number of amides is 1. The van der Waals surface area contributed by atoms with Gasteiger partial charge in [0.2, 0.25) is 5.91 Å². The third kappa shape index (κ3) is 4.72. The van der Waals surface area contributed by atoms with Gasteiger partial charge in [0.25, 0.3) is 0 Å². The van der Waals surface area contributed by atoms with Gasteiger partial charge in [-0.1, -0.05) is 12.2 Å². The van der Waals surface area contributed by atoms with Crippen LogP contribution in [0.25, 0.3) is 0 Å². The van der Waals surface area contributed by atoms with Crippen LogP contribution in [0.1, 0.15) is 18.4 Å². The van der Waals surface area contributed by atoms with Crippen molar-refractivity contribution in [2.24, 2.45) is 0 Å². The van der Waals surface area contributed by atoms with Gasteiger partial charge < -0.3 is 20.1 Å². The fourth-order valence-electron chi connectivity index (χ4n) is 2.73. The van der Waals surface area contributed by atoms with Crippen LogP contribution in [0.2, 0.25) is 0 Å². The predicted molar refractivity (Wildman–Crippen MR) is 102 cm³/mol. The van der Waals surface area contributed by atoms with Crippen LogP contribution in [-0.2, 0) is 11.0 Å². The number of ether oxygens (including phenoxy) is 2. The van der Waals surface area contributed by atoms with Crippen molar-refractivity contribution in [3.05, 3.63) is 48.0 Å². The number of thiocarbonyl (C=S) groups is 1. The number of carbonyl (C=O) groups is 1. The Morgan fingerprint density at radius 1 is 1.18 bits per heavy atom. The molecule has 1 unspecified atom stereocenters. The fourth-order valence-corrected chi connectivity index (χ4v) is 2.99. The molecule has 0 bridgehead atoms. The van der Waals surface area contributed by atoms with Gasteiger partial charge in [0.15, 0.2) is 0 Å². The van der Waals surface area contributed by atoms with Crippen molar-refractivity contribution in [1.29, 1.82) is 0 Å². The van der Waals surface area contributed by atoms with Crippen molar-refractivity contribution in [3.63, 3.8) is 0 Å². The van der Waals surface area contributed by atoms with E-state index in [9.17, 15) is 18.0 Å². The number of methoxy groups -OCH3 is 1. The predicted octanol–water partition coefficient (Wildman–Crippen LogP) is 4.52. The molecule has 2 aromatic carbocycles. The van der Waals surface area contributed by atoms with Crippen LogP contribution >= 0.6 is 12.2 Å². The Hall–Kier alpha value is -2.81. The van der Waals surface area contributed by atoms with Crippen LogP contribution in [0, 0.1) is 0 Å². The topological polar surface area (TPSA) is 59.6 Å². The quantitative estimate of drug-likeness (QED) is 0.710. The molecule has 0 radical (unpaired) electrons. The van der Waals surface area contributed by atoms with Gasteiger partial charge >= 0.3 is 6.18 Å². The number of carbonyl (C=O) groups excluding carboxylic acids is 1. The van der Waals surface area contributed by atoms with E-state index in [1.54, 1.807) is 18.2 Å². The lowest BCUT2D eigenvalue weighted by atomic mass is 10.2. The Morgan fingerprint density at radius 2 is 1.86 bits per heavy atom. The monoisotopic (exact) mass is 410 g/mol. The summed E-state index contributed by atoms with van der Waals surface area (Å²) in [5, 5.41) is 5.70. The Balaban J connectivity index is 1.75. The molecule has 1 atom stereocenters.